The van der Waals surface area contributed by atoms with E-state index in [4.69, 9.17) is 4.42 Å². The quantitative estimate of drug-likeness (QED) is 0.146. The molecule has 0 atom stereocenters. The smallest absolute Gasteiger partial charge is 0.143 e. The predicted molar refractivity (Wildman–Crippen MR) is 200 cm³/mol. The number of benzene rings is 9. The molecule has 0 saturated heterocycles. The van der Waals surface area contributed by atoms with E-state index in [-0.39, 0.29) is 0 Å². The molecule has 0 aliphatic carbocycles. The molecule has 9 aromatic carbocycles. The molecule has 0 amide bonds. The van der Waals surface area contributed by atoms with Crippen molar-refractivity contribution in [2.45, 2.75) is 0 Å². The van der Waals surface area contributed by atoms with Gasteiger partial charge in [0.25, 0.3) is 0 Å². The molecule has 1 aromatic heterocycles. The van der Waals surface area contributed by atoms with Gasteiger partial charge in [0.2, 0.25) is 0 Å². The van der Waals surface area contributed by atoms with Crippen LogP contribution in [0.4, 0.5) is 0 Å². The summed E-state index contributed by atoms with van der Waals surface area (Å²) in [5.74, 6) is 0. The standard InChI is InChI=1S/C46H28O/c1-2-14-29(15-3-1)43-40(27-26-39-34-20-12-13-25-42(34)47-46(39)43)44-35-21-8-10-23-37(35)45(38-24-11-9-22-36(38)44)41-28-30-16-4-5-17-31(30)32-18-6-7-19-33(32)41/h1-28H. The molecule has 1 heteroatoms. The van der Waals surface area contributed by atoms with E-state index in [0.717, 1.165) is 33.1 Å². The van der Waals surface area contributed by atoms with Gasteiger partial charge in [0.05, 0.1) is 0 Å². The van der Waals surface area contributed by atoms with Gasteiger partial charge in [-0.15, -0.1) is 0 Å². The minimum Gasteiger partial charge on any atom is -0.455 e. The third-order valence-electron chi connectivity index (χ3n) is 9.85. The monoisotopic (exact) mass is 596 g/mol. The molecular formula is C46H28O. The first kappa shape index (κ1) is 26.1. The Morgan fingerprint density at radius 1 is 0.298 bits per heavy atom. The van der Waals surface area contributed by atoms with Crippen molar-refractivity contribution >= 4 is 65.0 Å². The Balaban J connectivity index is 1.38. The molecule has 10 aromatic rings. The summed E-state index contributed by atoms with van der Waals surface area (Å²) in [7, 11) is 0. The van der Waals surface area contributed by atoms with Gasteiger partial charge in [-0.2, -0.15) is 0 Å². The minimum atomic E-state index is 0.907. The summed E-state index contributed by atoms with van der Waals surface area (Å²) in [6, 6.07) is 61.5. The molecule has 10 rings (SSSR count). The third-order valence-corrected chi connectivity index (χ3v) is 9.85. The lowest BCUT2D eigenvalue weighted by Gasteiger charge is -2.21. The summed E-state index contributed by atoms with van der Waals surface area (Å²) < 4.78 is 6.71. The maximum atomic E-state index is 6.71. The lowest BCUT2D eigenvalue weighted by atomic mass is 9.82. The molecule has 1 nitrogen and oxygen atoms in total. The van der Waals surface area contributed by atoms with Crippen molar-refractivity contribution in [1.82, 2.24) is 0 Å². The summed E-state index contributed by atoms with van der Waals surface area (Å²) >= 11 is 0. The summed E-state index contributed by atoms with van der Waals surface area (Å²) in [4.78, 5) is 0. The normalized spacial score (nSPS) is 11.8. The molecule has 0 bridgehead atoms. The van der Waals surface area contributed by atoms with Crippen molar-refractivity contribution in [3.8, 4) is 33.4 Å². The molecule has 0 fully saturated rings. The second-order valence-electron chi connectivity index (χ2n) is 12.4. The number of furan rings is 1. The molecule has 1 heterocycles. The van der Waals surface area contributed by atoms with Crippen LogP contribution < -0.4 is 0 Å². The fourth-order valence-electron chi connectivity index (χ4n) is 7.86. The average Bonchev–Trinajstić information content (AvgIpc) is 3.52. The molecular weight excluding hydrogens is 569 g/mol. The van der Waals surface area contributed by atoms with Crippen molar-refractivity contribution < 1.29 is 4.42 Å². The topological polar surface area (TPSA) is 13.1 Å². The maximum absolute atomic E-state index is 6.71. The number of fused-ring (bicyclic) bond motifs is 8. The van der Waals surface area contributed by atoms with Crippen molar-refractivity contribution in [3.63, 3.8) is 0 Å². The van der Waals surface area contributed by atoms with Crippen LogP contribution in [0.2, 0.25) is 0 Å². The molecule has 0 spiro atoms. The highest BCUT2D eigenvalue weighted by molar-refractivity contribution is 6.27. The zero-order valence-electron chi connectivity index (χ0n) is 25.6. The molecule has 0 radical (unpaired) electrons. The van der Waals surface area contributed by atoms with Gasteiger partial charge in [0.1, 0.15) is 11.2 Å². The van der Waals surface area contributed by atoms with Crippen LogP contribution in [0.5, 0.6) is 0 Å². The predicted octanol–water partition coefficient (Wildman–Crippen LogP) is 13.2. The van der Waals surface area contributed by atoms with Crippen molar-refractivity contribution in [1.29, 1.82) is 0 Å². The molecule has 218 valence electrons. The van der Waals surface area contributed by atoms with Crippen LogP contribution in [-0.4, -0.2) is 0 Å². The van der Waals surface area contributed by atoms with Gasteiger partial charge in [0, 0.05) is 16.3 Å². The van der Waals surface area contributed by atoms with E-state index in [0.29, 0.717) is 0 Å². The molecule has 0 unspecified atom stereocenters. The lowest BCUT2D eigenvalue weighted by molar-refractivity contribution is 0.670. The van der Waals surface area contributed by atoms with Gasteiger partial charge < -0.3 is 4.42 Å². The highest BCUT2D eigenvalue weighted by Gasteiger charge is 2.23. The Labute approximate surface area is 271 Å². The summed E-state index contributed by atoms with van der Waals surface area (Å²) in [6.45, 7) is 0. The summed E-state index contributed by atoms with van der Waals surface area (Å²) in [5.41, 5.74) is 9.03. The summed E-state index contributed by atoms with van der Waals surface area (Å²) in [6.07, 6.45) is 0. The molecule has 0 aliphatic rings. The number of hydrogen-bond donors (Lipinski definition) is 0. The number of para-hydroxylation sites is 1. The van der Waals surface area contributed by atoms with Crippen LogP contribution in [0, 0.1) is 0 Å². The van der Waals surface area contributed by atoms with Crippen LogP contribution in [-0.2, 0) is 0 Å². The van der Waals surface area contributed by atoms with E-state index in [1.54, 1.807) is 0 Å². The summed E-state index contributed by atoms with van der Waals surface area (Å²) in [5, 5.41) is 12.3. The van der Waals surface area contributed by atoms with Gasteiger partial charge in [-0.3, -0.25) is 0 Å². The fraction of sp³-hybridized carbons (Fsp3) is 0. The lowest BCUT2D eigenvalue weighted by Crippen LogP contribution is -1.94. The van der Waals surface area contributed by atoms with Crippen LogP contribution in [0.3, 0.4) is 0 Å². The van der Waals surface area contributed by atoms with Crippen molar-refractivity contribution in [2.24, 2.45) is 0 Å². The Hall–Kier alpha value is -6.18. The second kappa shape index (κ2) is 10.2. The number of hydrogen-bond acceptors (Lipinski definition) is 1. The van der Waals surface area contributed by atoms with Crippen LogP contribution in [0.15, 0.2) is 174 Å². The molecule has 0 aliphatic heterocycles. The molecule has 47 heavy (non-hydrogen) atoms. The van der Waals surface area contributed by atoms with Crippen LogP contribution >= 0.6 is 0 Å². The van der Waals surface area contributed by atoms with Crippen molar-refractivity contribution in [2.75, 3.05) is 0 Å². The Morgan fingerprint density at radius 3 is 1.49 bits per heavy atom. The van der Waals surface area contributed by atoms with Gasteiger partial charge in [-0.25, -0.2) is 0 Å². The second-order valence-corrected chi connectivity index (χ2v) is 12.4. The van der Waals surface area contributed by atoms with Crippen LogP contribution in [0.1, 0.15) is 0 Å². The van der Waals surface area contributed by atoms with Crippen LogP contribution in [0.25, 0.3) is 98.4 Å². The zero-order chi connectivity index (χ0) is 30.9. The van der Waals surface area contributed by atoms with Gasteiger partial charge in [-0.1, -0.05) is 152 Å². The van der Waals surface area contributed by atoms with Gasteiger partial charge in [0.15, 0.2) is 0 Å². The number of rotatable bonds is 3. The first-order chi connectivity index (χ1) is 23.3. The third kappa shape index (κ3) is 3.84. The first-order valence-electron chi connectivity index (χ1n) is 16.2. The molecule has 0 N–H and O–H groups in total. The maximum Gasteiger partial charge on any atom is 0.143 e. The highest BCUT2D eigenvalue weighted by Crippen LogP contribution is 2.50. The zero-order valence-corrected chi connectivity index (χ0v) is 25.6. The van der Waals surface area contributed by atoms with Crippen molar-refractivity contribution in [3.05, 3.63) is 170 Å². The Kier molecular flexibility index (Phi) is 5.64. The van der Waals surface area contributed by atoms with E-state index in [2.05, 4.69) is 164 Å². The van der Waals surface area contributed by atoms with E-state index >= 15 is 0 Å². The van der Waals surface area contributed by atoms with E-state index in [9.17, 15) is 0 Å². The van der Waals surface area contributed by atoms with Gasteiger partial charge >= 0.3 is 0 Å². The Bertz CT molecular complexity index is 2780. The minimum absolute atomic E-state index is 0.907. The highest BCUT2D eigenvalue weighted by atomic mass is 16.3. The first-order valence-corrected chi connectivity index (χ1v) is 16.2. The van der Waals surface area contributed by atoms with E-state index in [1.165, 1.54) is 65.3 Å². The largest absolute Gasteiger partial charge is 0.455 e. The van der Waals surface area contributed by atoms with Gasteiger partial charge in [-0.05, 0) is 89.1 Å². The average molecular weight is 597 g/mol. The van der Waals surface area contributed by atoms with E-state index < -0.39 is 0 Å². The SMILES string of the molecule is c1ccc(-c2c(-c3c4ccccc4c(-c4cc5ccccc5c5ccccc45)c4ccccc34)ccc3c2oc2ccccc23)cc1. The Morgan fingerprint density at radius 2 is 0.809 bits per heavy atom. The fourth-order valence-corrected chi connectivity index (χ4v) is 7.86. The van der Waals surface area contributed by atoms with E-state index in [1.807, 2.05) is 6.07 Å². The molecule has 0 saturated carbocycles.